The Morgan fingerprint density at radius 3 is 3.00 bits per heavy atom. The first kappa shape index (κ1) is 14.7. The van der Waals surface area contributed by atoms with Crippen molar-refractivity contribution in [1.29, 1.82) is 0 Å². The summed E-state index contributed by atoms with van der Waals surface area (Å²) in [6, 6.07) is 7.04. The first-order valence-electron chi connectivity index (χ1n) is 8.05. The lowest BCUT2D eigenvalue weighted by molar-refractivity contribution is 0.572. The van der Waals surface area contributed by atoms with Crippen LogP contribution in [-0.2, 0) is 25.8 Å². The molecule has 112 valence electrons. The van der Waals surface area contributed by atoms with Gasteiger partial charge in [0.1, 0.15) is 0 Å². The summed E-state index contributed by atoms with van der Waals surface area (Å²) in [6.45, 7) is 5.32. The van der Waals surface area contributed by atoms with Crippen molar-refractivity contribution in [2.45, 2.75) is 58.5 Å². The lowest BCUT2D eigenvalue weighted by Crippen LogP contribution is -2.19. The standard InChI is InChI=1S/C18H24N2S/c1-3-14-8-6-10-19-16(14)12-20-13(2)18-11-15-7-4-5-9-17(15)21-18/h6,8,10-11,13,20H,3-5,7,9,12H2,1-2H3. The molecule has 1 aliphatic carbocycles. The zero-order chi connectivity index (χ0) is 14.7. The van der Waals surface area contributed by atoms with Crippen LogP contribution in [0.1, 0.15) is 59.3 Å². The number of thiophene rings is 1. The molecule has 2 heterocycles. The minimum Gasteiger partial charge on any atom is -0.304 e. The molecule has 2 aromatic heterocycles. The van der Waals surface area contributed by atoms with Gasteiger partial charge in [-0.3, -0.25) is 4.98 Å². The third-order valence-electron chi connectivity index (χ3n) is 4.38. The fourth-order valence-corrected chi connectivity index (χ4v) is 4.31. The summed E-state index contributed by atoms with van der Waals surface area (Å²) in [4.78, 5) is 7.63. The van der Waals surface area contributed by atoms with Crippen LogP contribution in [0.25, 0.3) is 0 Å². The predicted octanol–water partition coefficient (Wildman–Crippen LogP) is 4.44. The van der Waals surface area contributed by atoms with Crippen LogP contribution in [0.5, 0.6) is 0 Å². The van der Waals surface area contributed by atoms with Crippen LogP contribution in [0.15, 0.2) is 24.4 Å². The molecule has 0 amide bonds. The SMILES string of the molecule is CCc1cccnc1CNC(C)c1cc2c(s1)CCCC2. The third-order valence-corrected chi connectivity index (χ3v) is 5.80. The number of hydrogen-bond acceptors (Lipinski definition) is 3. The smallest absolute Gasteiger partial charge is 0.0573 e. The Hall–Kier alpha value is -1.19. The van der Waals surface area contributed by atoms with Crippen LogP contribution >= 0.6 is 11.3 Å². The molecule has 1 aliphatic rings. The molecule has 3 heteroatoms. The Morgan fingerprint density at radius 1 is 1.33 bits per heavy atom. The maximum Gasteiger partial charge on any atom is 0.0573 e. The second kappa shape index (κ2) is 6.71. The molecule has 0 spiro atoms. The number of hydrogen-bond donors (Lipinski definition) is 1. The van der Waals surface area contributed by atoms with E-state index in [0.717, 1.165) is 13.0 Å². The van der Waals surface area contributed by atoms with Crippen LogP contribution in [-0.4, -0.2) is 4.98 Å². The van der Waals surface area contributed by atoms with Gasteiger partial charge in [-0.2, -0.15) is 0 Å². The molecule has 0 saturated heterocycles. The average molecular weight is 300 g/mol. The van der Waals surface area contributed by atoms with E-state index in [1.165, 1.54) is 41.8 Å². The lowest BCUT2D eigenvalue weighted by Gasteiger charge is -2.13. The lowest BCUT2D eigenvalue weighted by atomic mass is 9.99. The van der Waals surface area contributed by atoms with Gasteiger partial charge in [-0.25, -0.2) is 0 Å². The van der Waals surface area contributed by atoms with Crippen LogP contribution in [0.4, 0.5) is 0 Å². The summed E-state index contributed by atoms with van der Waals surface area (Å²) in [6.07, 6.45) is 8.23. The quantitative estimate of drug-likeness (QED) is 0.883. The van der Waals surface area contributed by atoms with Gasteiger partial charge in [0.2, 0.25) is 0 Å². The molecule has 0 aliphatic heterocycles. The highest BCUT2D eigenvalue weighted by Gasteiger charge is 2.16. The molecule has 0 bridgehead atoms. The van der Waals surface area contributed by atoms with Gasteiger partial charge in [-0.15, -0.1) is 11.3 Å². The Morgan fingerprint density at radius 2 is 2.19 bits per heavy atom. The van der Waals surface area contributed by atoms with E-state index in [1.807, 2.05) is 23.6 Å². The summed E-state index contributed by atoms with van der Waals surface area (Å²) < 4.78 is 0. The first-order valence-corrected chi connectivity index (χ1v) is 8.87. The average Bonchev–Trinajstić information content (AvgIpc) is 2.97. The Bertz CT molecular complexity index is 580. The second-order valence-electron chi connectivity index (χ2n) is 5.87. The van der Waals surface area contributed by atoms with Crippen LogP contribution in [0, 0.1) is 0 Å². The molecule has 1 atom stereocenters. The molecular weight excluding hydrogens is 276 g/mol. The summed E-state index contributed by atoms with van der Waals surface area (Å²) in [5, 5.41) is 3.65. The largest absolute Gasteiger partial charge is 0.304 e. The van der Waals surface area contributed by atoms with Gasteiger partial charge in [0.25, 0.3) is 0 Å². The summed E-state index contributed by atoms with van der Waals surface area (Å²) in [7, 11) is 0. The van der Waals surface area contributed by atoms with Crippen molar-refractivity contribution in [2.24, 2.45) is 0 Å². The van der Waals surface area contributed by atoms with Crippen LogP contribution in [0.3, 0.4) is 0 Å². The van der Waals surface area contributed by atoms with E-state index in [4.69, 9.17) is 0 Å². The number of nitrogens with zero attached hydrogens (tertiary/aromatic N) is 1. The molecule has 2 aromatic rings. The summed E-state index contributed by atoms with van der Waals surface area (Å²) >= 11 is 2.01. The number of aromatic nitrogens is 1. The number of aryl methyl sites for hydroxylation is 3. The van der Waals surface area contributed by atoms with E-state index < -0.39 is 0 Å². The van der Waals surface area contributed by atoms with E-state index in [-0.39, 0.29) is 0 Å². The van der Waals surface area contributed by atoms with Gasteiger partial charge >= 0.3 is 0 Å². The molecule has 2 nitrogen and oxygen atoms in total. The highest BCUT2D eigenvalue weighted by molar-refractivity contribution is 7.12. The second-order valence-corrected chi connectivity index (χ2v) is 7.04. The minimum atomic E-state index is 0.410. The number of nitrogens with one attached hydrogen (secondary N) is 1. The van der Waals surface area contributed by atoms with E-state index >= 15 is 0 Å². The van der Waals surface area contributed by atoms with Gasteiger partial charge in [0, 0.05) is 28.5 Å². The van der Waals surface area contributed by atoms with Gasteiger partial charge in [-0.05, 0) is 62.3 Å². The molecule has 0 saturated carbocycles. The van der Waals surface area contributed by atoms with Crippen molar-refractivity contribution in [3.8, 4) is 0 Å². The molecule has 0 fully saturated rings. The zero-order valence-electron chi connectivity index (χ0n) is 13.0. The first-order chi connectivity index (χ1) is 10.3. The Kier molecular flexibility index (Phi) is 4.71. The summed E-state index contributed by atoms with van der Waals surface area (Å²) in [5.41, 5.74) is 4.14. The van der Waals surface area contributed by atoms with Crippen LogP contribution < -0.4 is 5.32 Å². The van der Waals surface area contributed by atoms with Gasteiger partial charge in [-0.1, -0.05) is 13.0 Å². The highest BCUT2D eigenvalue weighted by atomic mass is 32.1. The van der Waals surface area contributed by atoms with Crippen molar-refractivity contribution in [2.75, 3.05) is 0 Å². The number of pyridine rings is 1. The normalized spacial score (nSPS) is 15.7. The van der Waals surface area contributed by atoms with Crippen molar-refractivity contribution < 1.29 is 0 Å². The Balaban J connectivity index is 1.66. The van der Waals surface area contributed by atoms with E-state index in [0.29, 0.717) is 6.04 Å². The molecule has 0 radical (unpaired) electrons. The summed E-state index contributed by atoms with van der Waals surface area (Å²) in [5.74, 6) is 0. The highest BCUT2D eigenvalue weighted by Crippen LogP contribution is 2.32. The maximum atomic E-state index is 4.52. The monoisotopic (exact) mass is 300 g/mol. The number of fused-ring (bicyclic) bond motifs is 1. The van der Waals surface area contributed by atoms with Gasteiger partial charge in [0.15, 0.2) is 0 Å². The van der Waals surface area contributed by atoms with Crippen LogP contribution in [0.2, 0.25) is 0 Å². The minimum absolute atomic E-state index is 0.410. The molecule has 1 N–H and O–H groups in total. The van der Waals surface area contributed by atoms with Crippen molar-refractivity contribution in [3.63, 3.8) is 0 Å². The van der Waals surface area contributed by atoms with Crippen molar-refractivity contribution >= 4 is 11.3 Å². The fraction of sp³-hybridized carbons (Fsp3) is 0.500. The van der Waals surface area contributed by atoms with E-state index in [2.05, 4.69) is 36.3 Å². The molecule has 21 heavy (non-hydrogen) atoms. The molecular formula is C18H24N2S. The number of rotatable bonds is 5. The topological polar surface area (TPSA) is 24.9 Å². The molecule has 3 rings (SSSR count). The van der Waals surface area contributed by atoms with E-state index in [9.17, 15) is 0 Å². The predicted molar refractivity (Wildman–Crippen MR) is 89.8 cm³/mol. The van der Waals surface area contributed by atoms with Gasteiger partial charge < -0.3 is 5.32 Å². The molecule has 1 unspecified atom stereocenters. The Labute approximate surface area is 131 Å². The zero-order valence-corrected chi connectivity index (χ0v) is 13.8. The van der Waals surface area contributed by atoms with Gasteiger partial charge in [0.05, 0.1) is 5.69 Å². The van der Waals surface area contributed by atoms with E-state index in [1.54, 1.807) is 10.4 Å². The maximum absolute atomic E-state index is 4.52. The van der Waals surface area contributed by atoms with Crippen molar-refractivity contribution in [1.82, 2.24) is 10.3 Å². The molecule has 0 aromatic carbocycles. The van der Waals surface area contributed by atoms with Crippen molar-refractivity contribution in [3.05, 3.63) is 51.0 Å². The fourth-order valence-electron chi connectivity index (χ4n) is 3.03. The third kappa shape index (κ3) is 3.35.